The van der Waals surface area contributed by atoms with E-state index in [-0.39, 0.29) is 0 Å². The SMILES string of the molecule is c1ccc(NN=C2CCCCc3ccccc32)nc1. The van der Waals surface area contributed by atoms with E-state index >= 15 is 0 Å². The predicted octanol–water partition coefficient (Wildman–Crippen LogP) is 3.62. The van der Waals surface area contributed by atoms with Gasteiger partial charge in [0, 0.05) is 11.8 Å². The van der Waals surface area contributed by atoms with E-state index in [1.165, 1.54) is 24.0 Å². The van der Waals surface area contributed by atoms with Crippen molar-refractivity contribution in [3.63, 3.8) is 0 Å². The fraction of sp³-hybridized carbons (Fsp3) is 0.250. The minimum Gasteiger partial charge on any atom is -0.261 e. The van der Waals surface area contributed by atoms with Crippen LogP contribution in [0.25, 0.3) is 0 Å². The standard InChI is InChI=1S/C16H17N3/c1-3-9-14-13(7-1)8-2-4-10-15(14)18-19-16-11-5-6-12-17-16/h1,3,5-7,9,11-12H,2,4,8,10H2,(H,17,19). The molecule has 1 N–H and O–H groups in total. The molecule has 0 saturated carbocycles. The normalized spacial score (nSPS) is 16.7. The Kier molecular flexibility index (Phi) is 3.54. The first kappa shape index (κ1) is 11.9. The maximum Gasteiger partial charge on any atom is 0.146 e. The minimum atomic E-state index is 0.789. The minimum absolute atomic E-state index is 0.789. The number of pyridine rings is 1. The molecule has 3 rings (SSSR count). The number of aryl methyl sites for hydroxylation is 1. The number of anilines is 1. The molecule has 1 heterocycles. The van der Waals surface area contributed by atoms with E-state index in [1.807, 2.05) is 18.2 Å². The number of fused-ring (bicyclic) bond motifs is 1. The van der Waals surface area contributed by atoms with Crippen LogP contribution in [-0.4, -0.2) is 10.7 Å². The van der Waals surface area contributed by atoms with E-state index in [0.29, 0.717) is 0 Å². The first-order chi connectivity index (χ1) is 9.43. The summed E-state index contributed by atoms with van der Waals surface area (Å²) in [6.45, 7) is 0. The summed E-state index contributed by atoms with van der Waals surface area (Å²) in [4.78, 5) is 4.22. The quantitative estimate of drug-likeness (QED) is 0.653. The summed E-state index contributed by atoms with van der Waals surface area (Å²) in [5.41, 5.74) is 6.88. The second kappa shape index (κ2) is 5.65. The van der Waals surface area contributed by atoms with E-state index in [9.17, 15) is 0 Å². The number of hydrogen-bond acceptors (Lipinski definition) is 3. The van der Waals surface area contributed by atoms with Gasteiger partial charge in [-0.2, -0.15) is 5.10 Å². The van der Waals surface area contributed by atoms with Crippen LogP contribution in [0.4, 0.5) is 5.82 Å². The average Bonchev–Trinajstić information content (AvgIpc) is 2.68. The van der Waals surface area contributed by atoms with Crippen molar-refractivity contribution < 1.29 is 0 Å². The lowest BCUT2D eigenvalue weighted by Gasteiger charge is -2.08. The third-order valence-electron chi connectivity index (χ3n) is 3.41. The monoisotopic (exact) mass is 251 g/mol. The Balaban J connectivity index is 1.88. The van der Waals surface area contributed by atoms with Crippen molar-refractivity contribution in [2.75, 3.05) is 5.43 Å². The van der Waals surface area contributed by atoms with E-state index in [2.05, 4.69) is 39.8 Å². The van der Waals surface area contributed by atoms with Crippen molar-refractivity contribution in [1.82, 2.24) is 4.98 Å². The van der Waals surface area contributed by atoms with Gasteiger partial charge >= 0.3 is 0 Å². The Morgan fingerprint density at radius 2 is 1.79 bits per heavy atom. The Bertz CT molecular complexity index is 576. The van der Waals surface area contributed by atoms with Crippen molar-refractivity contribution in [3.05, 3.63) is 59.8 Å². The van der Waals surface area contributed by atoms with Crippen molar-refractivity contribution >= 4 is 11.5 Å². The van der Waals surface area contributed by atoms with Gasteiger partial charge in [-0.1, -0.05) is 30.3 Å². The zero-order valence-electron chi connectivity index (χ0n) is 10.8. The number of rotatable bonds is 2. The van der Waals surface area contributed by atoms with Gasteiger partial charge in [0.25, 0.3) is 0 Å². The third kappa shape index (κ3) is 2.81. The van der Waals surface area contributed by atoms with Gasteiger partial charge < -0.3 is 0 Å². The molecular weight excluding hydrogens is 234 g/mol. The van der Waals surface area contributed by atoms with Gasteiger partial charge in [-0.3, -0.25) is 5.43 Å². The van der Waals surface area contributed by atoms with Gasteiger partial charge in [-0.15, -0.1) is 0 Å². The van der Waals surface area contributed by atoms with Crippen LogP contribution in [0.5, 0.6) is 0 Å². The van der Waals surface area contributed by atoms with Crippen molar-refractivity contribution in [2.24, 2.45) is 5.10 Å². The Hall–Kier alpha value is -2.16. The van der Waals surface area contributed by atoms with Crippen LogP contribution < -0.4 is 5.43 Å². The zero-order chi connectivity index (χ0) is 12.9. The highest BCUT2D eigenvalue weighted by Gasteiger charge is 2.13. The van der Waals surface area contributed by atoms with Crippen molar-refractivity contribution in [1.29, 1.82) is 0 Å². The van der Waals surface area contributed by atoms with E-state index in [0.717, 1.165) is 24.4 Å². The molecule has 0 amide bonds. The lowest BCUT2D eigenvalue weighted by Crippen LogP contribution is -2.05. The van der Waals surface area contributed by atoms with E-state index in [1.54, 1.807) is 6.20 Å². The smallest absolute Gasteiger partial charge is 0.146 e. The second-order valence-electron chi connectivity index (χ2n) is 4.75. The zero-order valence-corrected chi connectivity index (χ0v) is 10.8. The largest absolute Gasteiger partial charge is 0.261 e. The molecule has 96 valence electrons. The topological polar surface area (TPSA) is 37.3 Å². The Labute approximate surface area is 113 Å². The molecule has 1 aliphatic carbocycles. The van der Waals surface area contributed by atoms with Gasteiger partial charge in [0.05, 0.1) is 5.71 Å². The van der Waals surface area contributed by atoms with Crippen LogP contribution in [-0.2, 0) is 6.42 Å². The predicted molar refractivity (Wildman–Crippen MR) is 78.4 cm³/mol. The number of nitrogens with one attached hydrogen (secondary N) is 1. The summed E-state index contributed by atoms with van der Waals surface area (Å²) < 4.78 is 0. The molecule has 0 aliphatic heterocycles. The maximum absolute atomic E-state index is 4.56. The van der Waals surface area contributed by atoms with Crippen LogP contribution in [0.3, 0.4) is 0 Å². The molecular formula is C16H17N3. The highest BCUT2D eigenvalue weighted by molar-refractivity contribution is 6.02. The van der Waals surface area contributed by atoms with E-state index < -0.39 is 0 Å². The molecule has 19 heavy (non-hydrogen) atoms. The Morgan fingerprint density at radius 3 is 2.68 bits per heavy atom. The van der Waals surface area contributed by atoms with Gasteiger partial charge in [0.2, 0.25) is 0 Å². The highest BCUT2D eigenvalue weighted by Crippen LogP contribution is 2.21. The highest BCUT2D eigenvalue weighted by atomic mass is 15.3. The molecule has 0 unspecified atom stereocenters. The number of benzene rings is 1. The number of hydrazone groups is 1. The molecule has 0 saturated heterocycles. The Morgan fingerprint density at radius 1 is 0.947 bits per heavy atom. The first-order valence-corrected chi connectivity index (χ1v) is 6.75. The third-order valence-corrected chi connectivity index (χ3v) is 3.41. The summed E-state index contributed by atoms with van der Waals surface area (Å²) in [6.07, 6.45) is 6.37. The molecule has 0 bridgehead atoms. The van der Waals surface area contributed by atoms with Gasteiger partial charge in [-0.05, 0) is 43.4 Å². The lowest BCUT2D eigenvalue weighted by molar-refractivity contribution is 0.776. The summed E-state index contributed by atoms with van der Waals surface area (Å²) in [5.74, 6) is 0.789. The van der Waals surface area contributed by atoms with E-state index in [4.69, 9.17) is 0 Å². The summed E-state index contributed by atoms with van der Waals surface area (Å²) in [7, 11) is 0. The summed E-state index contributed by atoms with van der Waals surface area (Å²) in [5, 5.41) is 4.56. The average molecular weight is 251 g/mol. The van der Waals surface area contributed by atoms with Crippen LogP contribution in [0.2, 0.25) is 0 Å². The summed E-state index contributed by atoms with van der Waals surface area (Å²) in [6, 6.07) is 14.3. The van der Waals surface area contributed by atoms with Crippen LogP contribution >= 0.6 is 0 Å². The van der Waals surface area contributed by atoms with Crippen LogP contribution in [0, 0.1) is 0 Å². The number of hydrogen-bond donors (Lipinski definition) is 1. The molecule has 3 heteroatoms. The number of nitrogens with zero attached hydrogens (tertiary/aromatic N) is 2. The summed E-state index contributed by atoms with van der Waals surface area (Å²) >= 11 is 0. The van der Waals surface area contributed by atoms with Crippen molar-refractivity contribution in [2.45, 2.75) is 25.7 Å². The van der Waals surface area contributed by atoms with Crippen molar-refractivity contribution in [3.8, 4) is 0 Å². The molecule has 1 aromatic carbocycles. The fourth-order valence-corrected chi connectivity index (χ4v) is 2.43. The molecule has 0 spiro atoms. The van der Waals surface area contributed by atoms with Crippen LogP contribution in [0.1, 0.15) is 30.4 Å². The number of aromatic nitrogens is 1. The maximum atomic E-state index is 4.56. The molecule has 3 nitrogen and oxygen atoms in total. The molecule has 0 atom stereocenters. The van der Waals surface area contributed by atoms with Gasteiger partial charge in [0.1, 0.15) is 5.82 Å². The first-order valence-electron chi connectivity index (χ1n) is 6.75. The van der Waals surface area contributed by atoms with Gasteiger partial charge in [0.15, 0.2) is 0 Å². The van der Waals surface area contributed by atoms with Crippen LogP contribution in [0.15, 0.2) is 53.8 Å². The fourth-order valence-electron chi connectivity index (χ4n) is 2.43. The lowest BCUT2D eigenvalue weighted by atomic mass is 10.0. The second-order valence-corrected chi connectivity index (χ2v) is 4.75. The molecule has 0 fully saturated rings. The van der Waals surface area contributed by atoms with Gasteiger partial charge in [-0.25, -0.2) is 4.98 Å². The molecule has 2 aromatic rings. The molecule has 1 aliphatic rings. The molecule has 0 radical (unpaired) electrons. The molecule has 1 aromatic heterocycles.